The van der Waals surface area contributed by atoms with Crippen LogP contribution in [0.15, 0.2) is 24.3 Å². The van der Waals surface area contributed by atoms with E-state index in [9.17, 15) is 0 Å². The van der Waals surface area contributed by atoms with Gasteiger partial charge in [0.15, 0.2) is 0 Å². The first-order valence-electron chi connectivity index (χ1n) is 4.80. The van der Waals surface area contributed by atoms with Gasteiger partial charge in [-0.1, -0.05) is 18.7 Å². The first-order chi connectivity index (χ1) is 6.77. The minimum absolute atomic E-state index is 0.893. The van der Waals surface area contributed by atoms with Gasteiger partial charge in [-0.05, 0) is 49.4 Å². The fourth-order valence-corrected chi connectivity index (χ4v) is 1.37. The summed E-state index contributed by atoms with van der Waals surface area (Å²) < 4.78 is 5.16. The van der Waals surface area contributed by atoms with Crippen LogP contribution in [0.25, 0.3) is 0 Å². The lowest BCUT2D eigenvalue weighted by atomic mass is 10.0. The lowest BCUT2D eigenvalue weighted by molar-refractivity contribution is 0.414. The van der Waals surface area contributed by atoms with E-state index in [1.807, 2.05) is 18.2 Å². The Bertz CT molecular complexity index is 302. The summed E-state index contributed by atoms with van der Waals surface area (Å²) in [6.45, 7) is 9.30. The fraction of sp³-hybridized carbons (Fsp3) is 0.308. The first-order valence-corrected chi connectivity index (χ1v) is 4.80. The highest BCUT2D eigenvalue weighted by molar-refractivity contribution is 5.37. The molecule has 0 aromatic heterocycles. The molecular weight excluding hydrogens is 172 g/mol. The highest BCUT2D eigenvalue weighted by Gasteiger charge is 1.99. The van der Waals surface area contributed by atoms with Crippen molar-refractivity contribution in [3.8, 4) is 5.75 Å². The van der Waals surface area contributed by atoms with Crippen molar-refractivity contribution < 1.29 is 4.74 Å². The van der Waals surface area contributed by atoms with Gasteiger partial charge in [0, 0.05) is 0 Å². The number of hydrogen-bond donors (Lipinski definition) is 0. The van der Waals surface area contributed by atoms with E-state index in [2.05, 4.69) is 6.92 Å². The van der Waals surface area contributed by atoms with Crippen molar-refractivity contribution in [1.29, 1.82) is 0 Å². The van der Waals surface area contributed by atoms with Crippen molar-refractivity contribution in [2.75, 3.05) is 7.11 Å². The zero-order valence-electron chi connectivity index (χ0n) is 8.62. The van der Waals surface area contributed by atoms with Crippen LogP contribution in [0.3, 0.4) is 0 Å². The summed E-state index contributed by atoms with van der Waals surface area (Å²) in [7, 11) is 1.68. The topological polar surface area (TPSA) is 9.23 Å². The number of benzene rings is 1. The van der Waals surface area contributed by atoms with Crippen molar-refractivity contribution >= 4 is 0 Å². The van der Waals surface area contributed by atoms with Gasteiger partial charge in [0.2, 0.25) is 0 Å². The molecule has 0 saturated heterocycles. The molecule has 74 valence electrons. The molecule has 2 radical (unpaired) electrons. The molecule has 1 nitrogen and oxygen atoms in total. The quantitative estimate of drug-likeness (QED) is 0.645. The summed E-state index contributed by atoms with van der Waals surface area (Å²) >= 11 is 0. The van der Waals surface area contributed by atoms with Crippen LogP contribution in [0.4, 0.5) is 0 Å². The summed E-state index contributed by atoms with van der Waals surface area (Å²) in [6.07, 6.45) is 4.70. The van der Waals surface area contributed by atoms with E-state index < -0.39 is 0 Å². The zero-order valence-corrected chi connectivity index (χ0v) is 8.62. The van der Waals surface area contributed by atoms with Crippen LogP contribution in [0, 0.1) is 13.5 Å². The van der Waals surface area contributed by atoms with E-state index in [-0.39, 0.29) is 0 Å². The van der Waals surface area contributed by atoms with Crippen molar-refractivity contribution in [2.45, 2.75) is 19.3 Å². The van der Waals surface area contributed by atoms with Crippen molar-refractivity contribution in [3.05, 3.63) is 48.9 Å². The Kier molecular flexibility index (Phi) is 4.24. The van der Waals surface area contributed by atoms with Gasteiger partial charge in [-0.15, -0.1) is 0 Å². The number of aryl methyl sites for hydroxylation is 1. The van der Waals surface area contributed by atoms with Crippen LogP contribution in [-0.2, 0) is 6.42 Å². The molecule has 0 atom stereocenters. The second-order valence-electron chi connectivity index (χ2n) is 3.26. The van der Waals surface area contributed by atoms with Gasteiger partial charge in [0.25, 0.3) is 0 Å². The van der Waals surface area contributed by atoms with Gasteiger partial charge >= 0.3 is 0 Å². The van der Waals surface area contributed by atoms with Crippen LogP contribution in [0.5, 0.6) is 5.75 Å². The maximum absolute atomic E-state index is 5.32. The molecule has 0 bridgehead atoms. The number of rotatable bonds is 5. The molecule has 0 aliphatic heterocycles. The molecular formula is C13H16O. The van der Waals surface area contributed by atoms with Crippen LogP contribution in [-0.4, -0.2) is 7.11 Å². The Labute approximate surface area is 86.4 Å². The predicted molar refractivity (Wildman–Crippen MR) is 59.3 cm³/mol. The normalized spacial score (nSPS) is 9.86. The highest BCUT2D eigenvalue weighted by atomic mass is 16.5. The fourth-order valence-electron chi connectivity index (χ4n) is 1.37. The van der Waals surface area contributed by atoms with Crippen LogP contribution < -0.4 is 4.74 Å². The van der Waals surface area contributed by atoms with Crippen LogP contribution in [0.1, 0.15) is 24.0 Å². The second kappa shape index (κ2) is 5.48. The van der Waals surface area contributed by atoms with Gasteiger partial charge in [-0.3, -0.25) is 0 Å². The van der Waals surface area contributed by atoms with E-state index in [1.54, 1.807) is 13.2 Å². The molecule has 0 unspecified atom stereocenters. The Balaban J connectivity index is 2.68. The summed E-state index contributed by atoms with van der Waals surface area (Å²) in [5, 5.41) is 0. The molecule has 0 spiro atoms. The average molecular weight is 188 g/mol. The summed E-state index contributed by atoms with van der Waals surface area (Å²) in [4.78, 5) is 0. The third kappa shape index (κ3) is 2.91. The number of hydrogen-bond acceptors (Lipinski definition) is 1. The van der Waals surface area contributed by atoms with Gasteiger partial charge < -0.3 is 4.74 Å². The Morgan fingerprint density at radius 1 is 1.50 bits per heavy atom. The van der Waals surface area contributed by atoms with E-state index in [4.69, 9.17) is 11.3 Å². The van der Waals surface area contributed by atoms with E-state index in [1.165, 1.54) is 5.56 Å². The Hall–Kier alpha value is -1.24. The molecule has 0 heterocycles. The van der Waals surface area contributed by atoms with Crippen molar-refractivity contribution in [3.63, 3.8) is 0 Å². The Morgan fingerprint density at radius 3 is 2.93 bits per heavy atom. The maximum Gasteiger partial charge on any atom is 0.119 e. The number of unbranched alkanes of at least 4 members (excludes halogenated alkanes) is 1. The van der Waals surface area contributed by atoms with Crippen LogP contribution in [0.2, 0.25) is 0 Å². The molecule has 0 N–H and O–H groups in total. The molecule has 0 fully saturated rings. The largest absolute Gasteiger partial charge is 0.497 e. The SMILES string of the molecule is [CH]=CCCCc1cc(OC)ccc1[CH2]. The van der Waals surface area contributed by atoms with E-state index >= 15 is 0 Å². The Morgan fingerprint density at radius 2 is 2.29 bits per heavy atom. The molecule has 1 rings (SSSR count). The smallest absolute Gasteiger partial charge is 0.119 e. The van der Waals surface area contributed by atoms with Crippen molar-refractivity contribution in [1.82, 2.24) is 0 Å². The average Bonchev–Trinajstić information content (AvgIpc) is 2.21. The number of methoxy groups -OCH3 is 1. The molecule has 0 aliphatic rings. The first kappa shape index (κ1) is 10.8. The lowest BCUT2D eigenvalue weighted by Gasteiger charge is -2.07. The summed E-state index contributed by atoms with van der Waals surface area (Å²) in [6, 6.07) is 5.96. The third-order valence-corrected chi connectivity index (χ3v) is 2.23. The van der Waals surface area contributed by atoms with E-state index in [0.29, 0.717) is 0 Å². The molecule has 1 heteroatoms. The van der Waals surface area contributed by atoms with E-state index in [0.717, 1.165) is 30.6 Å². The molecule has 1 aromatic rings. The predicted octanol–water partition coefficient (Wildman–Crippen LogP) is 3.19. The minimum atomic E-state index is 0.893. The summed E-state index contributed by atoms with van der Waals surface area (Å²) in [5.41, 5.74) is 2.31. The highest BCUT2D eigenvalue weighted by Crippen LogP contribution is 2.18. The second-order valence-corrected chi connectivity index (χ2v) is 3.26. The third-order valence-electron chi connectivity index (χ3n) is 2.23. The molecule has 0 amide bonds. The lowest BCUT2D eigenvalue weighted by Crippen LogP contribution is -1.91. The molecule has 0 aliphatic carbocycles. The van der Waals surface area contributed by atoms with Gasteiger partial charge in [-0.25, -0.2) is 0 Å². The van der Waals surface area contributed by atoms with Gasteiger partial charge in [-0.2, -0.15) is 0 Å². The van der Waals surface area contributed by atoms with Gasteiger partial charge in [0.05, 0.1) is 7.11 Å². The molecule has 1 aromatic carbocycles. The van der Waals surface area contributed by atoms with Crippen LogP contribution >= 0.6 is 0 Å². The molecule has 14 heavy (non-hydrogen) atoms. The summed E-state index contributed by atoms with van der Waals surface area (Å²) in [5.74, 6) is 0.893. The van der Waals surface area contributed by atoms with Gasteiger partial charge in [0.1, 0.15) is 5.75 Å². The zero-order chi connectivity index (χ0) is 10.4. The maximum atomic E-state index is 5.32. The standard InChI is InChI=1S/C13H16O/c1-4-5-6-7-12-10-13(14-3)9-8-11(12)2/h1,4,8-10H,2,5-7H2,3H3. The monoisotopic (exact) mass is 188 g/mol. The minimum Gasteiger partial charge on any atom is -0.497 e. The number of ether oxygens (including phenoxy) is 1. The number of allylic oxidation sites excluding steroid dienone is 1. The van der Waals surface area contributed by atoms with Crippen molar-refractivity contribution in [2.24, 2.45) is 0 Å². The molecule has 0 saturated carbocycles.